The van der Waals surface area contributed by atoms with Gasteiger partial charge in [-0.1, -0.05) is 6.07 Å². The molecule has 0 aliphatic carbocycles. The standard InChI is InChI=1S/C19H16F3N5O3/c20-19(21,22)12-2-1-3-13(8-12)24-16(29)9-15-17(30)26-18(25-15)27-23-10-11-4-6-14(28)7-5-11/h1-8,10,15,28H,9H2,(H,24,29)(H2,25,26,27,30)/b23-10-/t15-/m0/s1. The molecule has 0 radical (unpaired) electrons. The fourth-order valence-corrected chi connectivity index (χ4v) is 2.53. The van der Waals surface area contributed by atoms with Gasteiger partial charge in [0.25, 0.3) is 5.91 Å². The van der Waals surface area contributed by atoms with Crippen molar-refractivity contribution in [1.29, 1.82) is 0 Å². The van der Waals surface area contributed by atoms with Crippen molar-refractivity contribution in [3.05, 3.63) is 59.7 Å². The van der Waals surface area contributed by atoms with E-state index in [1.165, 1.54) is 30.5 Å². The number of carbonyl (C=O) groups excluding carboxylic acids is 2. The number of anilines is 1. The molecule has 156 valence electrons. The van der Waals surface area contributed by atoms with Gasteiger partial charge in [-0.05, 0) is 48.0 Å². The Labute approximate surface area is 168 Å². The summed E-state index contributed by atoms with van der Waals surface area (Å²) in [6.07, 6.45) is -3.45. The van der Waals surface area contributed by atoms with E-state index in [1.807, 2.05) is 0 Å². The largest absolute Gasteiger partial charge is 0.508 e. The van der Waals surface area contributed by atoms with Gasteiger partial charge in [-0.25, -0.2) is 10.4 Å². The molecule has 1 atom stereocenters. The first kappa shape index (κ1) is 20.8. The molecule has 8 nitrogen and oxygen atoms in total. The van der Waals surface area contributed by atoms with Gasteiger partial charge >= 0.3 is 6.18 Å². The number of hydrazone groups is 1. The molecule has 0 fully saturated rings. The molecule has 2 aromatic carbocycles. The Kier molecular flexibility index (Phi) is 6.00. The van der Waals surface area contributed by atoms with E-state index in [2.05, 4.69) is 26.2 Å². The molecule has 4 N–H and O–H groups in total. The average Bonchev–Trinajstić information content (AvgIpc) is 3.02. The van der Waals surface area contributed by atoms with Crippen LogP contribution in [0, 0.1) is 0 Å². The summed E-state index contributed by atoms with van der Waals surface area (Å²) in [5.74, 6) is -1.06. The van der Waals surface area contributed by atoms with E-state index < -0.39 is 29.6 Å². The van der Waals surface area contributed by atoms with Gasteiger partial charge < -0.3 is 10.4 Å². The predicted octanol–water partition coefficient (Wildman–Crippen LogP) is 2.22. The molecule has 0 bridgehead atoms. The molecule has 2 amide bonds. The lowest BCUT2D eigenvalue weighted by molar-refractivity contribution is -0.137. The number of aliphatic imine (C=N–C) groups is 1. The van der Waals surface area contributed by atoms with Gasteiger partial charge in [0.05, 0.1) is 18.2 Å². The Morgan fingerprint density at radius 3 is 2.67 bits per heavy atom. The second-order valence-electron chi connectivity index (χ2n) is 6.28. The third-order valence-corrected chi connectivity index (χ3v) is 3.96. The van der Waals surface area contributed by atoms with E-state index in [0.29, 0.717) is 5.56 Å². The van der Waals surface area contributed by atoms with Crippen LogP contribution in [-0.4, -0.2) is 35.1 Å². The lowest BCUT2D eigenvalue weighted by Crippen LogP contribution is -2.35. The maximum Gasteiger partial charge on any atom is 0.416 e. The summed E-state index contributed by atoms with van der Waals surface area (Å²) in [6, 6.07) is 9.35. The highest BCUT2D eigenvalue weighted by molar-refractivity contribution is 6.07. The minimum absolute atomic E-state index is 0.0333. The van der Waals surface area contributed by atoms with Gasteiger partial charge in [0.1, 0.15) is 11.8 Å². The van der Waals surface area contributed by atoms with E-state index >= 15 is 0 Å². The highest BCUT2D eigenvalue weighted by atomic mass is 19.4. The number of phenols is 1. The Morgan fingerprint density at radius 2 is 1.97 bits per heavy atom. The molecule has 0 saturated heterocycles. The van der Waals surface area contributed by atoms with E-state index in [9.17, 15) is 27.9 Å². The topological polar surface area (TPSA) is 115 Å². The molecule has 2 aromatic rings. The maximum absolute atomic E-state index is 12.7. The molecule has 0 spiro atoms. The van der Waals surface area contributed by atoms with Gasteiger partial charge in [0, 0.05) is 5.69 Å². The SMILES string of the molecule is O=C(C[C@@H]1N=C(N/N=C\c2ccc(O)cc2)NC1=O)Nc1cccc(C(F)(F)F)c1. The first-order valence-corrected chi connectivity index (χ1v) is 8.64. The zero-order chi connectivity index (χ0) is 21.7. The highest BCUT2D eigenvalue weighted by Crippen LogP contribution is 2.30. The summed E-state index contributed by atoms with van der Waals surface area (Å²) < 4.78 is 38.2. The smallest absolute Gasteiger partial charge is 0.416 e. The number of nitrogens with one attached hydrogen (secondary N) is 3. The van der Waals surface area contributed by atoms with E-state index in [1.54, 1.807) is 12.1 Å². The van der Waals surface area contributed by atoms with Crippen molar-refractivity contribution in [3.8, 4) is 5.75 Å². The van der Waals surface area contributed by atoms with Crippen LogP contribution >= 0.6 is 0 Å². The lowest BCUT2D eigenvalue weighted by Gasteiger charge is -2.10. The normalized spacial score (nSPS) is 16.3. The zero-order valence-corrected chi connectivity index (χ0v) is 15.3. The summed E-state index contributed by atoms with van der Waals surface area (Å²) >= 11 is 0. The Hall–Kier alpha value is -3.89. The fraction of sp³-hybridized carbons (Fsp3) is 0.158. The molecule has 0 saturated carbocycles. The average molecular weight is 419 g/mol. The Morgan fingerprint density at radius 1 is 1.23 bits per heavy atom. The number of halogens is 3. The number of alkyl halides is 3. The molecule has 0 aromatic heterocycles. The lowest BCUT2D eigenvalue weighted by atomic mass is 10.1. The number of amides is 2. The second-order valence-corrected chi connectivity index (χ2v) is 6.28. The summed E-state index contributed by atoms with van der Waals surface area (Å²) in [5.41, 5.74) is 2.28. The summed E-state index contributed by atoms with van der Waals surface area (Å²) in [5, 5.41) is 17.9. The first-order valence-electron chi connectivity index (χ1n) is 8.64. The van der Waals surface area contributed by atoms with Gasteiger partial charge in [-0.3, -0.25) is 14.9 Å². The fourth-order valence-electron chi connectivity index (χ4n) is 2.53. The molecular formula is C19H16F3N5O3. The van der Waals surface area contributed by atoms with E-state index in [4.69, 9.17) is 0 Å². The zero-order valence-electron chi connectivity index (χ0n) is 15.3. The van der Waals surface area contributed by atoms with Crippen LogP contribution < -0.4 is 16.1 Å². The number of guanidine groups is 1. The van der Waals surface area contributed by atoms with Crippen molar-refractivity contribution < 1.29 is 27.9 Å². The van der Waals surface area contributed by atoms with Crippen molar-refractivity contribution >= 4 is 29.7 Å². The monoisotopic (exact) mass is 419 g/mol. The molecule has 0 unspecified atom stereocenters. The highest BCUT2D eigenvalue weighted by Gasteiger charge is 2.31. The van der Waals surface area contributed by atoms with Crippen LogP contribution in [0.1, 0.15) is 17.5 Å². The third-order valence-electron chi connectivity index (χ3n) is 3.96. The summed E-state index contributed by atoms with van der Waals surface area (Å²) in [6.45, 7) is 0. The van der Waals surface area contributed by atoms with Crippen LogP contribution in [0.4, 0.5) is 18.9 Å². The number of phenolic OH excluding ortho intramolecular Hbond substituents is 1. The van der Waals surface area contributed by atoms with Gasteiger partial charge in [-0.2, -0.15) is 18.3 Å². The maximum atomic E-state index is 12.7. The van der Waals surface area contributed by atoms with Crippen LogP contribution in [0.3, 0.4) is 0 Å². The molecule has 1 heterocycles. The summed E-state index contributed by atoms with van der Waals surface area (Å²) in [7, 11) is 0. The number of rotatable bonds is 5. The number of benzene rings is 2. The van der Waals surface area contributed by atoms with Gasteiger partial charge in [0.2, 0.25) is 11.9 Å². The first-order chi connectivity index (χ1) is 14.2. The van der Waals surface area contributed by atoms with E-state index in [0.717, 1.165) is 12.1 Å². The molecule has 30 heavy (non-hydrogen) atoms. The van der Waals surface area contributed by atoms with E-state index in [-0.39, 0.29) is 23.8 Å². The Bertz CT molecular complexity index is 1000. The van der Waals surface area contributed by atoms with Crippen LogP contribution in [0.2, 0.25) is 0 Å². The second kappa shape index (κ2) is 8.64. The van der Waals surface area contributed by atoms with Crippen molar-refractivity contribution in [2.24, 2.45) is 10.1 Å². The number of carbonyl (C=O) groups is 2. The third kappa shape index (κ3) is 5.56. The van der Waals surface area contributed by atoms with Crippen LogP contribution in [0.15, 0.2) is 58.6 Å². The number of aromatic hydroxyl groups is 1. The van der Waals surface area contributed by atoms with Crippen molar-refractivity contribution in [3.63, 3.8) is 0 Å². The number of hydrogen-bond donors (Lipinski definition) is 4. The molecule has 1 aliphatic rings. The van der Waals surface area contributed by atoms with Crippen molar-refractivity contribution in [1.82, 2.24) is 10.7 Å². The van der Waals surface area contributed by atoms with Crippen LogP contribution in [0.25, 0.3) is 0 Å². The minimum Gasteiger partial charge on any atom is -0.508 e. The quantitative estimate of drug-likeness (QED) is 0.439. The predicted molar refractivity (Wildman–Crippen MR) is 103 cm³/mol. The molecule has 3 rings (SSSR count). The van der Waals surface area contributed by atoms with Gasteiger partial charge in [-0.15, -0.1) is 0 Å². The summed E-state index contributed by atoms with van der Waals surface area (Å²) in [4.78, 5) is 28.1. The molecular weight excluding hydrogens is 403 g/mol. The van der Waals surface area contributed by atoms with Crippen molar-refractivity contribution in [2.75, 3.05) is 5.32 Å². The van der Waals surface area contributed by atoms with Crippen LogP contribution in [-0.2, 0) is 15.8 Å². The molecule has 1 aliphatic heterocycles. The minimum atomic E-state index is -4.53. The number of hydrogen-bond acceptors (Lipinski definition) is 6. The van der Waals surface area contributed by atoms with Gasteiger partial charge in [0.15, 0.2) is 0 Å². The van der Waals surface area contributed by atoms with Crippen LogP contribution in [0.5, 0.6) is 5.75 Å². The van der Waals surface area contributed by atoms with Crippen molar-refractivity contribution in [2.45, 2.75) is 18.6 Å². The Balaban J connectivity index is 1.56. The number of nitrogens with zero attached hydrogens (tertiary/aromatic N) is 2. The molecule has 11 heteroatoms.